The molecule has 2 aromatic heterocycles. The van der Waals surface area contributed by atoms with E-state index in [0.29, 0.717) is 28.8 Å². The van der Waals surface area contributed by atoms with Crippen LogP contribution in [-0.4, -0.2) is 27.2 Å². The second-order valence-electron chi connectivity index (χ2n) is 3.49. The Balaban J connectivity index is 1.87. The molecular formula is C10H13N5OS. The number of amides is 1. The number of thiazole rings is 1. The van der Waals surface area contributed by atoms with Gasteiger partial charge in [-0.15, -0.1) is 0 Å². The summed E-state index contributed by atoms with van der Waals surface area (Å²) in [5.74, 6) is -0.135. The molecule has 6 nitrogen and oxygen atoms in total. The van der Waals surface area contributed by atoms with E-state index < -0.39 is 0 Å². The van der Waals surface area contributed by atoms with Gasteiger partial charge in [0.15, 0.2) is 5.13 Å². The maximum Gasteiger partial charge on any atom is 0.263 e. The van der Waals surface area contributed by atoms with Crippen molar-refractivity contribution in [3.63, 3.8) is 0 Å². The predicted octanol–water partition coefficient (Wildman–Crippen LogP) is 0.660. The number of anilines is 1. The number of hydrogen-bond acceptors (Lipinski definition) is 5. The fraction of sp³-hybridized carbons (Fsp3) is 0.300. The summed E-state index contributed by atoms with van der Waals surface area (Å²) in [6, 6.07) is 1.84. The minimum atomic E-state index is -0.135. The van der Waals surface area contributed by atoms with Crippen molar-refractivity contribution < 1.29 is 4.79 Å². The van der Waals surface area contributed by atoms with Gasteiger partial charge >= 0.3 is 0 Å². The average Bonchev–Trinajstić information content (AvgIpc) is 2.88. The predicted molar refractivity (Wildman–Crippen MR) is 65.8 cm³/mol. The van der Waals surface area contributed by atoms with E-state index in [1.807, 2.05) is 12.3 Å². The number of carbonyl (C=O) groups is 1. The van der Waals surface area contributed by atoms with Crippen LogP contribution in [0.2, 0.25) is 0 Å². The third-order valence-corrected chi connectivity index (χ3v) is 3.19. The molecule has 0 fully saturated rings. The molecule has 0 unspecified atom stereocenters. The molecule has 90 valence electrons. The van der Waals surface area contributed by atoms with Crippen molar-refractivity contribution in [2.45, 2.75) is 13.5 Å². The third kappa shape index (κ3) is 2.82. The van der Waals surface area contributed by atoms with Gasteiger partial charge in [-0.2, -0.15) is 5.10 Å². The summed E-state index contributed by atoms with van der Waals surface area (Å²) in [5, 5.41) is 7.27. The van der Waals surface area contributed by atoms with Gasteiger partial charge in [-0.05, 0) is 13.0 Å². The van der Waals surface area contributed by atoms with Crippen LogP contribution in [0.1, 0.15) is 15.4 Å². The lowest BCUT2D eigenvalue weighted by Gasteiger charge is -2.04. The fourth-order valence-electron chi connectivity index (χ4n) is 1.42. The SMILES string of the molecule is Cc1nc(N)sc1C(=O)NCCn1cccn1. The number of nitrogens with two attached hydrogens (primary N) is 1. The van der Waals surface area contributed by atoms with Gasteiger partial charge in [0.25, 0.3) is 5.91 Å². The topological polar surface area (TPSA) is 85.8 Å². The Kier molecular flexibility index (Phi) is 3.38. The fourth-order valence-corrected chi connectivity index (χ4v) is 2.17. The van der Waals surface area contributed by atoms with Crippen LogP contribution in [0, 0.1) is 6.92 Å². The normalized spacial score (nSPS) is 10.4. The van der Waals surface area contributed by atoms with E-state index in [-0.39, 0.29) is 5.91 Å². The molecule has 0 atom stereocenters. The van der Waals surface area contributed by atoms with Crippen LogP contribution in [0.25, 0.3) is 0 Å². The van der Waals surface area contributed by atoms with Crippen molar-refractivity contribution in [3.8, 4) is 0 Å². The first kappa shape index (κ1) is 11.6. The van der Waals surface area contributed by atoms with Gasteiger partial charge in [0.1, 0.15) is 4.88 Å². The standard InChI is InChI=1S/C10H13N5OS/c1-7-8(17-10(11)14-7)9(16)12-4-6-15-5-2-3-13-15/h2-3,5H,4,6H2,1H3,(H2,11,14)(H,12,16). The zero-order valence-corrected chi connectivity index (χ0v) is 10.2. The van der Waals surface area contributed by atoms with Crippen molar-refractivity contribution in [1.29, 1.82) is 0 Å². The zero-order valence-electron chi connectivity index (χ0n) is 9.38. The molecule has 0 radical (unpaired) electrons. The van der Waals surface area contributed by atoms with Gasteiger partial charge in [-0.1, -0.05) is 11.3 Å². The van der Waals surface area contributed by atoms with Gasteiger partial charge in [-0.3, -0.25) is 9.48 Å². The summed E-state index contributed by atoms with van der Waals surface area (Å²) in [4.78, 5) is 16.4. The summed E-state index contributed by atoms with van der Waals surface area (Å²) in [6.07, 6.45) is 3.55. The van der Waals surface area contributed by atoms with E-state index in [0.717, 1.165) is 0 Å². The van der Waals surface area contributed by atoms with E-state index in [1.54, 1.807) is 17.8 Å². The third-order valence-electron chi connectivity index (χ3n) is 2.21. The highest BCUT2D eigenvalue weighted by Crippen LogP contribution is 2.18. The second-order valence-corrected chi connectivity index (χ2v) is 4.52. The Morgan fingerprint density at radius 1 is 1.65 bits per heavy atom. The summed E-state index contributed by atoms with van der Waals surface area (Å²) >= 11 is 1.20. The second kappa shape index (κ2) is 4.96. The minimum absolute atomic E-state index is 0.135. The summed E-state index contributed by atoms with van der Waals surface area (Å²) < 4.78 is 1.76. The first-order chi connectivity index (χ1) is 8.16. The molecule has 0 aliphatic rings. The van der Waals surface area contributed by atoms with Crippen LogP contribution in [0.15, 0.2) is 18.5 Å². The van der Waals surface area contributed by atoms with Crippen molar-refractivity contribution in [2.24, 2.45) is 0 Å². The van der Waals surface area contributed by atoms with E-state index in [9.17, 15) is 4.79 Å². The van der Waals surface area contributed by atoms with E-state index in [4.69, 9.17) is 5.73 Å². The van der Waals surface area contributed by atoms with Gasteiger partial charge in [0.2, 0.25) is 0 Å². The maximum absolute atomic E-state index is 11.8. The maximum atomic E-state index is 11.8. The molecule has 0 saturated heterocycles. The summed E-state index contributed by atoms with van der Waals surface area (Å²) in [7, 11) is 0. The molecule has 0 aromatic carbocycles. The number of aryl methyl sites for hydroxylation is 1. The number of nitrogen functional groups attached to an aromatic ring is 1. The Bertz CT molecular complexity index is 505. The number of carbonyl (C=O) groups excluding carboxylic acids is 1. The smallest absolute Gasteiger partial charge is 0.263 e. The molecule has 2 aromatic rings. The molecule has 0 aliphatic heterocycles. The molecule has 2 heterocycles. The Hall–Kier alpha value is -1.89. The lowest BCUT2D eigenvalue weighted by molar-refractivity contribution is 0.0955. The molecule has 0 spiro atoms. The number of aromatic nitrogens is 3. The van der Waals surface area contributed by atoms with E-state index in [2.05, 4.69) is 15.4 Å². The van der Waals surface area contributed by atoms with Crippen molar-refractivity contribution in [2.75, 3.05) is 12.3 Å². The van der Waals surface area contributed by atoms with E-state index >= 15 is 0 Å². The number of nitrogens with one attached hydrogen (secondary N) is 1. The molecule has 7 heteroatoms. The molecule has 0 saturated carbocycles. The Morgan fingerprint density at radius 2 is 2.47 bits per heavy atom. The lowest BCUT2D eigenvalue weighted by Crippen LogP contribution is -2.27. The first-order valence-electron chi connectivity index (χ1n) is 5.15. The molecule has 17 heavy (non-hydrogen) atoms. The monoisotopic (exact) mass is 251 g/mol. The van der Waals surface area contributed by atoms with Crippen LogP contribution >= 0.6 is 11.3 Å². The molecule has 1 amide bonds. The lowest BCUT2D eigenvalue weighted by atomic mass is 10.4. The van der Waals surface area contributed by atoms with Crippen LogP contribution in [0.4, 0.5) is 5.13 Å². The molecule has 0 bridgehead atoms. The molecule has 3 N–H and O–H groups in total. The van der Waals surface area contributed by atoms with Crippen molar-refractivity contribution in [1.82, 2.24) is 20.1 Å². The summed E-state index contributed by atoms with van der Waals surface area (Å²) in [5.41, 5.74) is 6.21. The van der Waals surface area contributed by atoms with Crippen molar-refractivity contribution in [3.05, 3.63) is 29.0 Å². The van der Waals surface area contributed by atoms with Crippen LogP contribution in [0.5, 0.6) is 0 Å². The van der Waals surface area contributed by atoms with Crippen molar-refractivity contribution >= 4 is 22.4 Å². The Morgan fingerprint density at radius 3 is 3.06 bits per heavy atom. The molecular weight excluding hydrogens is 238 g/mol. The van der Waals surface area contributed by atoms with Gasteiger partial charge in [0.05, 0.1) is 12.2 Å². The highest BCUT2D eigenvalue weighted by atomic mass is 32.1. The largest absolute Gasteiger partial charge is 0.375 e. The highest BCUT2D eigenvalue weighted by molar-refractivity contribution is 7.17. The first-order valence-corrected chi connectivity index (χ1v) is 5.97. The van der Waals surface area contributed by atoms with E-state index in [1.165, 1.54) is 11.3 Å². The molecule has 0 aliphatic carbocycles. The van der Waals surface area contributed by atoms with Gasteiger partial charge < -0.3 is 11.1 Å². The van der Waals surface area contributed by atoms with Gasteiger partial charge in [-0.25, -0.2) is 4.98 Å². The molecule has 2 rings (SSSR count). The van der Waals surface area contributed by atoms with Crippen LogP contribution in [-0.2, 0) is 6.54 Å². The number of nitrogens with zero attached hydrogens (tertiary/aromatic N) is 3. The quantitative estimate of drug-likeness (QED) is 0.836. The Labute approximate surface area is 102 Å². The number of hydrogen-bond donors (Lipinski definition) is 2. The van der Waals surface area contributed by atoms with Crippen LogP contribution in [0.3, 0.4) is 0 Å². The highest BCUT2D eigenvalue weighted by Gasteiger charge is 2.13. The minimum Gasteiger partial charge on any atom is -0.375 e. The van der Waals surface area contributed by atoms with Gasteiger partial charge in [0, 0.05) is 18.9 Å². The summed E-state index contributed by atoms with van der Waals surface area (Å²) in [6.45, 7) is 2.94. The number of rotatable bonds is 4. The average molecular weight is 251 g/mol. The zero-order chi connectivity index (χ0) is 12.3. The van der Waals surface area contributed by atoms with Crippen LogP contribution < -0.4 is 11.1 Å².